The lowest BCUT2D eigenvalue weighted by Crippen LogP contribution is -2.45. The highest BCUT2D eigenvalue weighted by atomic mass is 79.9. The van der Waals surface area contributed by atoms with Crippen LogP contribution in [0.1, 0.15) is 18.4 Å². The fraction of sp³-hybridized carbons (Fsp3) is 0.500. The molecule has 0 bridgehead atoms. The Morgan fingerprint density at radius 2 is 2.05 bits per heavy atom. The van der Waals surface area contributed by atoms with Crippen LogP contribution in [0.15, 0.2) is 27.6 Å². The summed E-state index contributed by atoms with van der Waals surface area (Å²) in [5, 5.41) is 0. The quantitative estimate of drug-likeness (QED) is 0.812. The van der Waals surface area contributed by atoms with E-state index >= 15 is 0 Å². The smallest absolute Gasteiger partial charge is 0.243 e. The van der Waals surface area contributed by atoms with Crippen LogP contribution in [0.2, 0.25) is 0 Å². The number of amides is 1. The minimum absolute atomic E-state index is 0.162. The molecule has 2 rings (SSSR count). The third kappa shape index (κ3) is 3.14. The second-order valence-electron chi connectivity index (χ2n) is 5.42. The van der Waals surface area contributed by atoms with E-state index < -0.39 is 16.1 Å². The summed E-state index contributed by atoms with van der Waals surface area (Å²) in [6, 6.07) is 4.34. The summed E-state index contributed by atoms with van der Waals surface area (Å²) in [7, 11) is -0.345. The molecule has 0 radical (unpaired) electrons. The molecule has 21 heavy (non-hydrogen) atoms. The molecule has 1 aromatic carbocycles. The monoisotopic (exact) mass is 374 g/mol. The molecule has 0 aliphatic carbocycles. The molecule has 7 heteroatoms. The van der Waals surface area contributed by atoms with E-state index in [4.69, 9.17) is 0 Å². The van der Waals surface area contributed by atoms with Crippen LogP contribution in [0.5, 0.6) is 0 Å². The topological polar surface area (TPSA) is 57.7 Å². The minimum Gasteiger partial charge on any atom is -0.347 e. The number of hydrogen-bond donors (Lipinski definition) is 0. The number of aryl methyl sites for hydroxylation is 1. The zero-order valence-electron chi connectivity index (χ0n) is 12.3. The van der Waals surface area contributed by atoms with Gasteiger partial charge in [-0.25, -0.2) is 8.42 Å². The van der Waals surface area contributed by atoms with Crippen molar-refractivity contribution in [1.29, 1.82) is 0 Å². The van der Waals surface area contributed by atoms with E-state index in [2.05, 4.69) is 15.9 Å². The molecule has 0 spiro atoms. The van der Waals surface area contributed by atoms with Crippen molar-refractivity contribution in [1.82, 2.24) is 9.21 Å². The summed E-state index contributed by atoms with van der Waals surface area (Å²) in [6.45, 7) is 2.23. The number of likely N-dealkylation sites (N-methyl/N-ethyl adjacent to an activating group) is 1. The second kappa shape index (κ2) is 6.06. The first-order valence-electron chi connectivity index (χ1n) is 6.74. The van der Waals surface area contributed by atoms with E-state index in [1.807, 2.05) is 6.92 Å². The Balaban J connectivity index is 2.38. The van der Waals surface area contributed by atoms with Gasteiger partial charge in [-0.2, -0.15) is 4.31 Å². The van der Waals surface area contributed by atoms with E-state index in [9.17, 15) is 13.2 Å². The summed E-state index contributed by atoms with van der Waals surface area (Å²) in [6.07, 6.45) is 1.28. The van der Waals surface area contributed by atoms with Gasteiger partial charge < -0.3 is 4.90 Å². The molecule has 1 aliphatic rings. The molecule has 1 aliphatic heterocycles. The lowest BCUT2D eigenvalue weighted by Gasteiger charge is -2.25. The van der Waals surface area contributed by atoms with Crippen molar-refractivity contribution in [2.75, 3.05) is 20.6 Å². The first kappa shape index (κ1) is 16.5. The van der Waals surface area contributed by atoms with E-state index in [0.717, 1.165) is 10.0 Å². The van der Waals surface area contributed by atoms with Gasteiger partial charge in [-0.3, -0.25) is 4.79 Å². The molecule has 0 N–H and O–H groups in total. The van der Waals surface area contributed by atoms with Crippen molar-refractivity contribution in [3.8, 4) is 0 Å². The van der Waals surface area contributed by atoms with Gasteiger partial charge in [0.1, 0.15) is 6.04 Å². The maximum absolute atomic E-state index is 12.8. The average molecular weight is 375 g/mol. The molecule has 116 valence electrons. The van der Waals surface area contributed by atoms with Gasteiger partial charge in [-0.15, -0.1) is 0 Å². The van der Waals surface area contributed by atoms with Crippen molar-refractivity contribution in [3.05, 3.63) is 28.2 Å². The van der Waals surface area contributed by atoms with Gasteiger partial charge in [0.2, 0.25) is 15.9 Å². The lowest BCUT2D eigenvalue weighted by molar-refractivity contribution is -0.132. The number of rotatable bonds is 3. The first-order chi connectivity index (χ1) is 9.75. The highest BCUT2D eigenvalue weighted by Crippen LogP contribution is 2.28. The lowest BCUT2D eigenvalue weighted by atomic mass is 10.2. The summed E-state index contributed by atoms with van der Waals surface area (Å²) in [4.78, 5) is 13.9. The maximum Gasteiger partial charge on any atom is 0.243 e. The van der Waals surface area contributed by atoms with Crippen LogP contribution < -0.4 is 0 Å². The second-order valence-corrected chi connectivity index (χ2v) is 8.16. The molecule has 1 atom stereocenters. The van der Waals surface area contributed by atoms with Gasteiger partial charge in [-0.05, 0) is 43.5 Å². The molecule has 0 saturated carbocycles. The standard InChI is InChI=1S/C14H19BrN2O3S/c1-10-9-11(6-7-12(10)15)21(19,20)17-8-4-5-13(17)14(18)16(2)3/h6-7,9,13H,4-5,8H2,1-3H3/t13-/m0/s1. The molecule has 1 aromatic rings. The molecular weight excluding hydrogens is 356 g/mol. The Bertz CT molecular complexity index is 658. The van der Waals surface area contributed by atoms with Crippen LogP contribution >= 0.6 is 15.9 Å². The Labute approximate surface area is 134 Å². The zero-order chi connectivity index (χ0) is 15.8. The van der Waals surface area contributed by atoms with E-state index in [1.54, 1.807) is 32.3 Å². The first-order valence-corrected chi connectivity index (χ1v) is 8.97. The molecular formula is C14H19BrN2O3S. The molecule has 1 amide bonds. The number of nitrogens with zero attached hydrogens (tertiary/aromatic N) is 2. The summed E-state index contributed by atoms with van der Waals surface area (Å²) in [5.74, 6) is -0.162. The summed E-state index contributed by atoms with van der Waals surface area (Å²) in [5.41, 5.74) is 0.853. The van der Waals surface area contributed by atoms with Crippen molar-refractivity contribution in [2.24, 2.45) is 0 Å². The molecule has 1 fully saturated rings. The van der Waals surface area contributed by atoms with E-state index in [0.29, 0.717) is 19.4 Å². The molecule has 1 heterocycles. The van der Waals surface area contributed by atoms with Crippen molar-refractivity contribution < 1.29 is 13.2 Å². The van der Waals surface area contributed by atoms with Gasteiger partial charge >= 0.3 is 0 Å². The summed E-state index contributed by atoms with van der Waals surface area (Å²) >= 11 is 3.36. The SMILES string of the molecule is Cc1cc(S(=O)(=O)N2CCC[C@H]2C(=O)N(C)C)ccc1Br. The Morgan fingerprint density at radius 1 is 1.38 bits per heavy atom. The normalized spacial score (nSPS) is 19.7. The molecule has 5 nitrogen and oxygen atoms in total. The maximum atomic E-state index is 12.8. The third-order valence-corrected chi connectivity index (χ3v) is 6.46. The highest BCUT2D eigenvalue weighted by Gasteiger charge is 2.40. The van der Waals surface area contributed by atoms with Crippen LogP contribution in [-0.4, -0.2) is 50.2 Å². The van der Waals surface area contributed by atoms with Crippen LogP contribution in [0.25, 0.3) is 0 Å². The van der Waals surface area contributed by atoms with Crippen molar-refractivity contribution in [3.63, 3.8) is 0 Å². The third-order valence-electron chi connectivity index (χ3n) is 3.67. The number of benzene rings is 1. The van der Waals surface area contributed by atoms with E-state index in [1.165, 1.54) is 9.21 Å². The molecule has 0 unspecified atom stereocenters. The predicted octanol–water partition coefficient (Wildman–Crippen LogP) is 2.00. The molecule has 0 aromatic heterocycles. The largest absolute Gasteiger partial charge is 0.347 e. The molecule has 1 saturated heterocycles. The van der Waals surface area contributed by atoms with Gasteiger partial charge in [0.25, 0.3) is 0 Å². The van der Waals surface area contributed by atoms with Gasteiger partial charge in [0, 0.05) is 25.1 Å². The number of hydrogen-bond acceptors (Lipinski definition) is 3. The fourth-order valence-corrected chi connectivity index (χ4v) is 4.47. The van der Waals surface area contributed by atoms with Crippen LogP contribution in [0.3, 0.4) is 0 Å². The Hall–Kier alpha value is -0.920. The number of carbonyl (C=O) groups excluding carboxylic acids is 1. The number of halogens is 1. The van der Waals surface area contributed by atoms with Gasteiger partial charge in [0.15, 0.2) is 0 Å². The zero-order valence-corrected chi connectivity index (χ0v) is 14.7. The van der Waals surface area contributed by atoms with Crippen LogP contribution in [0.4, 0.5) is 0 Å². The Kier molecular flexibility index (Phi) is 4.75. The van der Waals surface area contributed by atoms with Crippen LogP contribution in [-0.2, 0) is 14.8 Å². The van der Waals surface area contributed by atoms with Crippen LogP contribution in [0, 0.1) is 6.92 Å². The van der Waals surface area contributed by atoms with Crippen molar-refractivity contribution in [2.45, 2.75) is 30.7 Å². The van der Waals surface area contributed by atoms with Crippen molar-refractivity contribution >= 4 is 31.9 Å². The number of sulfonamides is 1. The fourth-order valence-electron chi connectivity index (χ4n) is 2.49. The highest BCUT2D eigenvalue weighted by molar-refractivity contribution is 9.10. The van der Waals surface area contributed by atoms with Gasteiger partial charge in [-0.1, -0.05) is 15.9 Å². The minimum atomic E-state index is -3.64. The summed E-state index contributed by atoms with van der Waals surface area (Å²) < 4.78 is 27.7. The van der Waals surface area contributed by atoms with E-state index in [-0.39, 0.29) is 10.8 Å². The van der Waals surface area contributed by atoms with Gasteiger partial charge in [0.05, 0.1) is 4.90 Å². The predicted molar refractivity (Wildman–Crippen MR) is 84.5 cm³/mol. The number of carbonyl (C=O) groups is 1. The average Bonchev–Trinajstić information content (AvgIpc) is 2.90. The Morgan fingerprint density at radius 3 is 2.62 bits per heavy atom.